The second-order valence-electron chi connectivity index (χ2n) is 4.92. The summed E-state index contributed by atoms with van der Waals surface area (Å²) >= 11 is 5.85. The van der Waals surface area contributed by atoms with Gasteiger partial charge in [-0.25, -0.2) is 10.8 Å². The average Bonchev–Trinajstić information content (AvgIpc) is 2.47. The molecule has 1 amide bonds. The van der Waals surface area contributed by atoms with Gasteiger partial charge in [0.25, 0.3) is 5.91 Å². The maximum atomic E-state index is 12.2. The van der Waals surface area contributed by atoms with Crippen molar-refractivity contribution in [3.8, 4) is 0 Å². The van der Waals surface area contributed by atoms with E-state index in [1.54, 1.807) is 6.07 Å². The SMILES string of the molecule is CC(NC(=O)c1cc(Cl)nc(NN)c1)C1CCOCC1. The molecule has 1 aliphatic rings. The van der Waals surface area contributed by atoms with Gasteiger partial charge >= 0.3 is 0 Å². The Hall–Kier alpha value is -1.37. The third-order valence-electron chi connectivity index (χ3n) is 3.54. The monoisotopic (exact) mass is 298 g/mol. The molecule has 6 nitrogen and oxygen atoms in total. The van der Waals surface area contributed by atoms with Crippen LogP contribution in [0.25, 0.3) is 0 Å². The van der Waals surface area contributed by atoms with Gasteiger partial charge in [-0.2, -0.15) is 0 Å². The molecule has 0 aromatic carbocycles. The van der Waals surface area contributed by atoms with Crippen LogP contribution in [-0.4, -0.2) is 30.1 Å². The Bertz CT molecular complexity index is 477. The van der Waals surface area contributed by atoms with Gasteiger partial charge in [-0.3, -0.25) is 4.79 Å². The van der Waals surface area contributed by atoms with Gasteiger partial charge in [0.1, 0.15) is 11.0 Å². The molecule has 4 N–H and O–H groups in total. The first kappa shape index (κ1) is 15.0. The lowest BCUT2D eigenvalue weighted by molar-refractivity contribution is 0.0538. The zero-order valence-corrected chi connectivity index (χ0v) is 12.1. The van der Waals surface area contributed by atoms with Crippen LogP contribution in [0.2, 0.25) is 5.15 Å². The van der Waals surface area contributed by atoms with Crippen molar-refractivity contribution in [1.29, 1.82) is 0 Å². The summed E-state index contributed by atoms with van der Waals surface area (Å²) in [4.78, 5) is 16.2. The molecule has 20 heavy (non-hydrogen) atoms. The largest absolute Gasteiger partial charge is 0.381 e. The number of nitrogens with zero attached hydrogens (tertiary/aromatic N) is 1. The van der Waals surface area contributed by atoms with Crippen molar-refractivity contribution >= 4 is 23.3 Å². The van der Waals surface area contributed by atoms with Crippen molar-refractivity contribution in [3.63, 3.8) is 0 Å². The lowest BCUT2D eigenvalue weighted by atomic mass is 9.93. The van der Waals surface area contributed by atoms with Gasteiger partial charge in [0.2, 0.25) is 0 Å². The van der Waals surface area contributed by atoms with E-state index < -0.39 is 0 Å². The molecule has 0 aliphatic carbocycles. The first-order valence-electron chi connectivity index (χ1n) is 6.63. The van der Waals surface area contributed by atoms with Crippen LogP contribution in [0.15, 0.2) is 12.1 Å². The molecule has 1 atom stereocenters. The molecule has 0 saturated carbocycles. The smallest absolute Gasteiger partial charge is 0.251 e. The van der Waals surface area contributed by atoms with Crippen LogP contribution in [0.3, 0.4) is 0 Å². The summed E-state index contributed by atoms with van der Waals surface area (Å²) in [6.07, 6.45) is 1.93. The van der Waals surface area contributed by atoms with E-state index >= 15 is 0 Å². The second-order valence-corrected chi connectivity index (χ2v) is 5.31. The molecule has 1 aromatic rings. The molecule has 7 heteroatoms. The highest BCUT2D eigenvalue weighted by Crippen LogP contribution is 2.19. The molecular formula is C13H19ClN4O2. The second kappa shape index (κ2) is 6.88. The topological polar surface area (TPSA) is 89.3 Å². The molecule has 1 saturated heterocycles. The number of carbonyl (C=O) groups excluding carboxylic acids is 1. The molecule has 1 unspecified atom stereocenters. The van der Waals surface area contributed by atoms with Gasteiger partial charge in [0, 0.05) is 24.8 Å². The van der Waals surface area contributed by atoms with E-state index in [-0.39, 0.29) is 17.1 Å². The van der Waals surface area contributed by atoms with Crippen LogP contribution in [0, 0.1) is 5.92 Å². The number of nitrogens with two attached hydrogens (primary N) is 1. The summed E-state index contributed by atoms with van der Waals surface area (Å²) < 4.78 is 5.32. The third kappa shape index (κ3) is 3.82. The fourth-order valence-corrected chi connectivity index (χ4v) is 2.53. The zero-order chi connectivity index (χ0) is 14.5. The summed E-state index contributed by atoms with van der Waals surface area (Å²) in [5.74, 6) is 5.92. The number of amides is 1. The Labute approximate surface area is 123 Å². The van der Waals surface area contributed by atoms with Crippen molar-refractivity contribution < 1.29 is 9.53 Å². The van der Waals surface area contributed by atoms with Crippen molar-refractivity contribution in [1.82, 2.24) is 10.3 Å². The number of anilines is 1. The van der Waals surface area contributed by atoms with Crippen molar-refractivity contribution in [2.24, 2.45) is 11.8 Å². The van der Waals surface area contributed by atoms with Gasteiger partial charge in [0.15, 0.2) is 0 Å². The summed E-state index contributed by atoms with van der Waals surface area (Å²) in [5, 5.41) is 3.22. The van der Waals surface area contributed by atoms with E-state index in [1.807, 2.05) is 6.92 Å². The number of carbonyl (C=O) groups is 1. The molecule has 1 aliphatic heterocycles. The Morgan fingerprint density at radius 1 is 1.50 bits per heavy atom. The summed E-state index contributed by atoms with van der Waals surface area (Å²) in [6.45, 7) is 3.53. The Morgan fingerprint density at radius 2 is 2.20 bits per heavy atom. The van der Waals surface area contributed by atoms with E-state index in [2.05, 4.69) is 15.7 Å². The van der Waals surface area contributed by atoms with Crippen LogP contribution in [0.1, 0.15) is 30.1 Å². The average molecular weight is 299 g/mol. The molecule has 2 heterocycles. The van der Waals surface area contributed by atoms with Gasteiger partial charge < -0.3 is 15.5 Å². The van der Waals surface area contributed by atoms with E-state index in [9.17, 15) is 4.79 Å². The molecule has 0 bridgehead atoms. The number of halogens is 1. The minimum Gasteiger partial charge on any atom is -0.381 e. The number of aromatic nitrogens is 1. The standard InChI is InChI=1S/C13H19ClN4O2/c1-8(9-2-4-20-5-3-9)16-13(19)10-6-11(14)17-12(7-10)18-15/h6-9H,2-5,15H2,1H3,(H,16,19)(H,17,18). The maximum Gasteiger partial charge on any atom is 0.251 e. The number of rotatable bonds is 4. The molecule has 110 valence electrons. The van der Waals surface area contributed by atoms with Crippen LogP contribution in [0.4, 0.5) is 5.82 Å². The number of ether oxygens (including phenoxy) is 1. The Morgan fingerprint density at radius 3 is 2.85 bits per heavy atom. The highest BCUT2D eigenvalue weighted by atomic mass is 35.5. The summed E-state index contributed by atoms with van der Waals surface area (Å²) in [5.41, 5.74) is 2.83. The number of nitrogens with one attached hydrogen (secondary N) is 2. The first-order chi connectivity index (χ1) is 9.60. The molecule has 2 rings (SSSR count). The van der Waals surface area contributed by atoms with Gasteiger partial charge in [0.05, 0.1) is 0 Å². The van der Waals surface area contributed by atoms with Crippen LogP contribution in [0.5, 0.6) is 0 Å². The Balaban J connectivity index is 2.01. The van der Waals surface area contributed by atoms with Gasteiger partial charge in [-0.15, -0.1) is 0 Å². The molecule has 0 spiro atoms. The van der Waals surface area contributed by atoms with Crippen LogP contribution < -0.4 is 16.6 Å². The van der Waals surface area contributed by atoms with E-state index in [1.165, 1.54) is 6.07 Å². The highest BCUT2D eigenvalue weighted by Gasteiger charge is 2.22. The van der Waals surface area contributed by atoms with Crippen LogP contribution >= 0.6 is 11.6 Å². The highest BCUT2D eigenvalue weighted by molar-refractivity contribution is 6.29. The number of nitrogen functional groups attached to an aromatic ring is 1. The first-order valence-corrected chi connectivity index (χ1v) is 7.00. The molecular weight excluding hydrogens is 280 g/mol. The molecule has 0 radical (unpaired) electrons. The fourth-order valence-electron chi connectivity index (χ4n) is 2.33. The van der Waals surface area contributed by atoms with E-state index in [4.69, 9.17) is 22.2 Å². The molecule has 1 aromatic heterocycles. The Kier molecular flexibility index (Phi) is 5.17. The minimum absolute atomic E-state index is 0.0904. The summed E-state index contributed by atoms with van der Waals surface area (Å²) in [6, 6.07) is 3.18. The number of hydrogen-bond acceptors (Lipinski definition) is 5. The predicted molar refractivity (Wildman–Crippen MR) is 77.5 cm³/mol. The summed E-state index contributed by atoms with van der Waals surface area (Å²) in [7, 11) is 0. The van der Waals surface area contributed by atoms with Gasteiger partial charge in [-0.1, -0.05) is 11.6 Å². The van der Waals surface area contributed by atoms with Gasteiger partial charge in [-0.05, 0) is 37.8 Å². The number of pyridine rings is 1. The lowest BCUT2D eigenvalue weighted by Gasteiger charge is -2.28. The predicted octanol–water partition coefficient (Wildman–Crippen LogP) is 1.57. The van der Waals surface area contributed by atoms with E-state index in [0.717, 1.165) is 26.1 Å². The van der Waals surface area contributed by atoms with Crippen molar-refractivity contribution in [2.75, 3.05) is 18.6 Å². The van der Waals surface area contributed by atoms with Crippen LogP contribution in [-0.2, 0) is 4.74 Å². The zero-order valence-electron chi connectivity index (χ0n) is 11.4. The number of hydrazine groups is 1. The maximum absolute atomic E-state index is 12.2. The third-order valence-corrected chi connectivity index (χ3v) is 3.73. The fraction of sp³-hybridized carbons (Fsp3) is 0.538. The van der Waals surface area contributed by atoms with E-state index in [0.29, 0.717) is 17.3 Å². The van der Waals surface area contributed by atoms with Crippen molar-refractivity contribution in [2.45, 2.75) is 25.8 Å². The molecule has 1 fully saturated rings. The lowest BCUT2D eigenvalue weighted by Crippen LogP contribution is -2.40. The number of hydrogen-bond donors (Lipinski definition) is 3. The quantitative estimate of drug-likeness (QED) is 0.446. The normalized spacial score (nSPS) is 17.6. The minimum atomic E-state index is -0.176. The van der Waals surface area contributed by atoms with Crippen molar-refractivity contribution in [3.05, 3.63) is 22.8 Å².